The van der Waals surface area contributed by atoms with Gasteiger partial charge in [-0.25, -0.2) is 0 Å². The summed E-state index contributed by atoms with van der Waals surface area (Å²) in [5.41, 5.74) is 1.83. The van der Waals surface area contributed by atoms with E-state index in [-0.39, 0.29) is 5.91 Å². The first-order valence-electron chi connectivity index (χ1n) is 7.27. The lowest BCUT2D eigenvalue weighted by Gasteiger charge is -2.18. The molecule has 0 aliphatic heterocycles. The fourth-order valence-electron chi connectivity index (χ4n) is 2.73. The average molecular weight is 260 g/mol. The van der Waals surface area contributed by atoms with Crippen LogP contribution >= 0.6 is 0 Å². The number of hydrogen-bond acceptors (Lipinski definition) is 2. The zero-order chi connectivity index (χ0) is 13.7. The van der Waals surface area contributed by atoms with Crippen LogP contribution in [0.4, 0.5) is 5.69 Å². The van der Waals surface area contributed by atoms with E-state index in [0.717, 1.165) is 11.6 Å². The number of anilines is 1. The van der Waals surface area contributed by atoms with Crippen LogP contribution in [0.3, 0.4) is 0 Å². The standard InChI is InChI=1S/C16H24N2O/c1-12-4-3-5-14(9-6-12)18-15-10-7-13(8-11-15)16(19)17-2/h7-8,10-12,14,18H,3-6,9H2,1-2H3,(H,17,19). The average Bonchev–Trinajstić information content (AvgIpc) is 2.64. The first kappa shape index (κ1) is 13.9. The van der Waals surface area contributed by atoms with E-state index in [2.05, 4.69) is 17.6 Å². The quantitative estimate of drug-likeness (QED) is 0.818. The topological polar surface area (TPSA) is 41.1 Å². The molecule has 2 unspecified atom stereocenters. The number of carbonyl (C=O) groups is 1. The van der Waals surface area contributed by atoms with E-state index < -0.39 is 0 Å². The van der Waals surface area contributed by atoms with E-state index in [1.807, 2.05) is 24.3 Å². The predicted molar refractivity (Wildman–Crippen MR) is 79.5 cm³/mol. The maximum absolute atomic E-state index is 11.5. The van der Waals surface area contributed by atoms with Gasteiger partial charge in [-0.05, 0) is 49.4 Å². The van der Waals surface area contributed by atoms with Crippen molar-refractivity contribution < 1.29 is 4.79 Å². The Bertz CT molecular complexity index is 413. The lowest BCUT2D eigenvalue weighted by Crippen LogP contribution is -2.19. The Morgan fingerprint density at radius 3 is 2.53 bits per heavy atom. The van der Waals surface area contributed by atoms with Gasteiger partial charge in [-0.1, -0.05) is 19.8 Å². The highest BCUT2D eigenvalue weighted by Gasteiger charge is 2.15. The van der Waals surface area contributed by atoms with Crippen LogP contribution in [0.15, 0.2) is 24.3 Å². The fraction of sp³-hybridized carbons (Fsp3) is 0.562. The zero-order valence-corrected chi connectivity index (χ0v) is 11.9. The number of carbonyl (C=O) groups excluding carboxylic acids is 1. The van der Waals surface area contributed by atoms with Crippen LogP contribution in [0.5, 0.6) is 0 Å². The third kappa shape index (κ3) is 3.98. The summed E-state index contributed by atoms with van der Waals surface area (Å²) in [4.78, 5) is 11.5. The smallest absolute Gasteiger partial charge is 0.251 e. The monoisotopic (exact) mass is 260 g/mol. The molecule has 0 saturated heterocycles. The summed E-state index contributed by atoms with van der Waals surface area (Å²) in [5.74, 6) is 0.831. The summed E-state index contributed by atoms with van der Waals surface area (Å²) in [6.45, 7) is 2.35. The van der Waals surface area contributed by atoms with E-state index in [9.17, 15) is 4.79 Å². The molecule has 104 valence electrons. The number of nitrogens with one attached hydrogen (secondary N) is 2. The maximum atomic E-state index is 11.5. The highest BCUT2D eigenvalue weighted by atomic mass is 16.1. The maximum Gasteiger partial charge on any atom is 0.251 e. The molecule has 1 aromatic carbocycles. The summed E-state index contributed by atoms with van der Waals surface area (Å²) in [6.07, 6.45) is 6.48. The van der Waals surface area contributed by atoms with Gasteiger partial charge in [0.2, 0.25) is 0 Å². The molecule has 0 heterocycles. The number of hydrogen-bond donors (Lipinski definition) is 2. The first-order chi connectivity index (χ1) is 9.19. The summed E-state index contributed by atoms with van der Waals surface area (Å²) in [5, 5.41) is 6.23. The van der Waals surface area contributed by atoms with Crippen molar-refractivity contribution >= 4 is 11.6 Å². The SMILES string of the molecule is CNC(=O)c1ccc(NC2CCCC(C)CC2)cc1. The van der Waals surface area contributed by atoms with E-state index >= 15 is 0 Å². The minimum Gasteiger partial charge on any atom is -0.382 e. The summed E-state index contributed by atoms with van der Waals surface area (Å²) in [7, 11) is 1.65. The molecule has 1 fully saturated rings. The zero-order valence-electron chi connectivity index (χ0n) is 11.9. The van der Waals surface area contributed by atoms with Crippen LogP contribution in [0.25, 0.3) is 0 Å². The molecule has 1 aliphatic rings. The van der Waals surface area contributed by atoms with Crippen LogP contribution < -0.4 is 10.6 Å². The van der Waals surface area contributed by atoms with Crippen molar-refractivity contribution in [2.45, 2.75) is 45.1 Å². The molecule has 2 rings (SSSR count). The van der Waals surface area contributed by atoms with Gasteiger partial charge in [0.1, 0.15) is 0 Å². The molecule has 3 heteroatoms. The van der Waals surface area contributed by atoms with Gasteiger partial charge in [0.25, 0.3) is 5.91 Å². The third-order valence-corrected chi connectivity index (χ3v) is 4.00. The van der Waals surface area contributed by atoms with Crippen molar-refractivity contribution in [1.29, 1.82) is 0 Å². The second-order valence-corrected chi connectivity index (χ2v) is 5.61. The molecule has 0 bridgehead atoms. The van der Waals surface area contributed by atoms with Gasteiger partial charge in [-0.15, -0.1) is 0 Å². The van der Waals surface area contributed by atoms with Crippen molar-refractivity contribution in [2.24, 2.45) is 5.92 Å². The molecule has 1 amide bonds. The van der Waals surface area contributed by atoms with Gasteiger partial charge in [-0.3, -0.25) is 4.79 Å². The van der Waals surface area contributed by atoms with Crippen molar-refractivity contribution in [2.75, 3.05) is 12.4 Å². The summed E-state index contributed by atoms with van der Waals surface area (Å²) < 4.78 is 0. The van der Waals surface area contributed by atoms with E-state index in [4.69, 9.17) is 0 Å². The highest BCUT2D eigenvalue weighted by molar-refractivity contribution is 5.94. The molecule has 0 aromatic heterocycles. The molecule has 1 aromatic rings. The Hall–Kier alpha value is -1.51. The van der Waals surface area contributed by atoms with Crippen LogP contribution in [0.1, 0.15) is 49.4 Å². The lowest BCUT2D eigenvalue weighted by molar-refractivity contribution is 0.0963. The second-order valence-electron chi connectivity index (χ2n) is 5.61. The van der Waals surface area contributed by atoms with Gasteiger partial charge < -0.3 is 10.6 Å². The Labute approximate surface area is 115 Å². The fourth-order valence-corrected chi connectivity index (χ4v) is 2.73. The molecule has 0 radical (unpaired) electrons. The molecule has 1 aliphatic carbocycles. The number of benzene rings is 1. The van der Waals surface area contributed by atoms with Crippen molar-refractivity contribution in [3.63, 3.8) is 0 Å². The molecule has 2 N–H and O–H groups in total. The Morgan fingerprint density at radius 2 is 1.84 bits per heavy atom. The van der Waals surface area contributed by atoms with Crippen LogP contribution in [-0.2, 0) is 0 Å². The summed E-state index contributed by atoms with van der Waals surface area (Å²) in [6, 6.07) is 8.33. The van der Waals surface area contributed by atoms with Gasteiger partial charge >= 0.3 is 0 Å². The van der Waals surface area contributed by atoms with Gasteiger partial charge in [0.15, 0.2) is 0 Å². The lowest BCUT2D eigenvalue weighted by atomic mass is 10.0. The van der Waals surface area contributed by atoms with Crippen LogP contribution in [0.2, 0.25) is 0 Å². The normalized spacial score (nSPS) is 23.5. The molecular formula is C16H24N2O. The van der Waals surface area contributed by atoms with Gasteiger partial charge in [0, 0.05) is 24.3 Å². The largest absolute Gasteiger partial charge is 0.382 e. The van der Waals surface area contributed by atoms with Crippen molar-refractivity contribution in [1.82, 2.24) is 5.32 Å². The molecule has 3 nitrogen and oxygen atoms in total. The van der Waals surface area contributed by atoms with Crippen LogP contribution in [-0.4, -0.2) is 19.0 Å². The third-order valence-electron chi connectivity index (χ3n) is 4.00. The van der Waals surface area contributed by atoms with Gasteiger partial charge in [-0.2, -0.15) is 0 Å². The van der Waals surface area contributed by atoms with Gasteiger partial charge in [0.05, 0.1) is 0 Å². The van der Waals surface area contributed by atoms with E-state index in [1.54, 1.807) is 7.05 Å². The van der Waals surface area contributed by atoms with Crippen molar-refractivity contribution in [3.8, 4) is 0 Å². The number of amides is 1. The van der Waals surface area contributed by atoms with Crippen LogP contribution in [0, 0.1) is 5.92 Å². The predicted octanol–water partition coefficient (Wildman–Crippen LogP) is 3.43. The Morgan fingerprint density at radius 1 is 1.11 bits per heavy atom. The second kappa shape index (κ2) is 6.60. The van der Waals surface area contributed by atoms with E-state index in [1.165, 1.54) is 32.1 Å². The Balaban J connectivity index is 1.93. The molecule has 1 saturated carbocycles. The molecule has 0 spiro atoms. The van der Waals surface area contributed by atoms with Crippen molar-refractivity contribution in [3.05, 3.63) is 29.8 Å². The highest BCUT2D eigenvalue weighted by Crippen LogP contribution is 2.25. The minimum atomic E-state index is -0.0326. The molecule has 2 atom stereocenters. The minimum absolute atomic E-state index is 0.0326. The number of rotatable bonds is 3. The Kier molecular flexibility index (Phi) is 4.83. The van der Waals surface area contributed by atoms with E-state index in [0.29, 0.717) is 11.6 Å². The molecular weight excluding hydrogens is 236 g/mol. The first-order valence-corrected chi connectivity index (χ1v) is 7.27. The molecule has 19 heavy (non-hydrogen) atoms. The summed E-state index contributed by atoms with van der Waals surface area (Å²) >= 11 is 0.